The summed E-state index contributed by atoms with van der Waals surface area (Å²) in [4.78, 5) is 0. The Kier molecular flexibility index (Phi) is 5.10. The summed E-state index contributed by atoms with van der Waals surface area (Å²) >= 11 is 6.29. The van der Waals surface area contributed by atoms with Gasteiger partial charge >= 0.3 is 15.6 Å². The second-order valence-corrected chi connectivity index (χ2v) is 8.58. The van der Waals surface area contributed by atoms with Crippen LogP contribution >= 0.6 is 11.6 Å². The Morgan fingerprint density at radius 1 is 1.09 bits per heavy atom. The van der Waals surface area contributed by atoms with Gasteiger partial charge in [-0.05, 0) is 18.2 Å². The predicted octanol–water partition coefficient (Wildman–Crippen LogP) is 4.16. The Labute approximate surface area is 184 Å². The Morgan fingerprint density at radius 2 is 1.84 bits per heavy atom. The van der Waals surface area contributed by atoms with Crippen LogP contribution < -0.4 is 4.18 Å². The quantitative estimate of drug-likeness (QED) is 0.320. The van der Waals surface area contributed by atoms with Crippen LogP contribution in [0.5, 0.6) is 5.75 Å². The molecule has 8 nitrogen and oxygen atoms in total. The third-order valence-corrected chi connectivity index (χ3v) is 5.78. The van der Waals surface area contributed by atoms with Crippen LogP contribution in [0.1, 0.15) is 5.56 Å². The molecule has 13 heteroatoms. The van der Waals surface area contributed by atoms with Crippen molar-refractivity contribution in [1.82, 2.24) is 19.4 Å². The zero-order valence-electron chi connectivity index (χ0n) is 16.0. The fraction of sp³-hybridized carbons (Fsp3) is 0.105. The van der Waals surface area contributed by atoms with E-state index in [0.717, 1.165) is 17.7 Å². The van der Waals surface area contributed by atoms with Gasteiger partial charge in [0.1, 0.15) is 11.8 Å². The van der Waals surface area contributed by atoms with Gasteiger partial charge in [0.2, 0.25) is 0 Å². The van der Waals surface area contributed by atoms with Gasteiger partial charge in [-0.2, -0.15) is 37.0 Å². The van der Waals surface area contributed by atoms with Crippen molar-refractivity contribution in [1.29, 1.82) is 5.26 Å². The largest absolute Gasteiger partial charge is 0.534 e. The molecule has 0 aliphatic heterocycles. The van der Waals surface area contributed by atoms with Crippen LogP contribution in [0.15, 0.2) is 49.1 Å². The molecule has 4 rings (SSSR count). The lowest BCUT2D eigenvalue weighted by molar-refractivity contribution is -0.0500. The third kappa shape index (κ3) is 3.76. The van der Waals surface area contributed by atoms with Gasteiger partial charge in [-0.3, -0.25) is 4.68 Å². The number of rotatable bonds is 4. The number of aromatic nitrogens is 4. The van der Waals surface area contributed by atoms with Crippen molar-refractivity contribution in [2.24, 2.45) is 7.05 Å². The molecule has 0 unspecified atom stereocenters. The number of benzene rings is 1. The van der Waals surface area contributed by atoms with Crippen LogP contribution in [0, 0.1) is 11.3 Å². The number of pyridine rings is 1. The maximum absolute atomic E-state index is 12.6. The highest BCUT2D eigenvalue weighted by Gasteiger charge is 2.48. The molecule has 1 aromatic carbocycles. The number of halogens is 4. The van der Waals surface area contributed by atoms with E-state index in [1.807, 2.05) is 6.07 Å². The lowest BCUT2D eigenvalue weighted by Crippen LogP contribution is -2.28. The van der Waals surface area contributed by atoms with E-state index in [0.29, 0.717) is 22.2 Å². The number of nitriles is 1. The first-order valence-electron chi connectivity index (χ1n) is 8.71. The van der Waals surface area contributed by atoms with Gasteiger partial charge in [0.25, 0.3) is 0 Å². The first-order valence-corrected chi connectivity index (χ1v) is 10.5. The molecule has 0 saturated heterocycles. The first kappa shape index (κ1) is 21.7. The molecule has 0 bridgehead atoms. The Bertz CT molecular complexity index is 1500. The molecule has 0 spiro atoms. The van der Waals surface area contributed by atoms with Crippen molar-refractivity contribution in [2.75, 3.05) is 0 Å². The molecule has 0 aliphatic carbocycles. The molecular weight excluding hydrogens is 471 g/mol. The highest BCUT2D eigenvalue weighted by atomic mass is 35.5. The third-order valence-electron chi connectivity index (χ3n) is 4.49. The Morgan fingerprint density at radius 3 is 2.44 bits per heavy atom. The molecular formula is C19H11ClF3N5O3S. The van der Waals surface area contributed by atoms with Gasteiger partial charge in [0.15, 0.2) is 0 Å². The first-order chi connectivity index (χ1) is 15.0. The van der Waals surface area contributed by atoms with Crippen molar-refractivity contribution >= 4 is 27.2 Å². The Balaban J connectivity index is 1.87. The molecule has 0 N–H and O–H groups in total. The maximum atomic E-state index is 12.6. The van der Waals surface area contributed by atoms with Gasteiger partial charge < -0.3 is 4.18 Å². The molecule has 0 amide bonds. The highest BCUT2D eigenvalue weighted by Crippen LogP contribution is 2.38. The lowest BCUT2D eigenvalue weighted by atomic mass is 10.00. The summed E-state index contributed by atoms with van der Waals surface area (Å²) in [5, 5.41) is 17.7. The summed E-state index contributed by atoms with van der Waals surface area (Å²) in [6.07, 6.45) is 6.45. The average molecular weight is 482 g/mol. The van der Waals surface area contributed by atoms with Gasteiger partial charge in [-0.25, -0.2) is 4.52 Å². The SMILES string of the molecule is Cn1cc(-c2cc(-c3ccc(OS(=O)(=O)C(F)(F)F)cc3Cl)c3c(C#N)cnn3c2)cn1. The fourth-order valence-corrected chi connectivity index (χ4v) is 3.80. The van der Waals surface area contributed by atoms with Gasteiger partial charge in [-0.15, -0.1) is 0 Å². The van der Waals surface area contributed by atoms with E-state index < -0.39 is 21.4 Å². The highest BCUT2D eigenvalue weighted by molar-refractivity contribution is 7.88. The molecule has 3 heterocycles. The van der Waals surface area contributed by atoms with Crippen molar-refractivity contribution in [3.8, 4) is 34.1 Å². The number of nitrogens with zero attached hydrogens (tertiary/aromatic N) is 5. The molecule has 0 saturated carbocycles. The minimum Gasteiger partial charge on any atom is -0.376 e. The lowest BCUT2D eigenvalue weighted by Gasteiger charge is -2.13. The number of hydrogen-bond acceptors (Lipinski definition) is 6. The molecule has 0 radical (unpaired) electrons. The van der Waals surface area contributed by atoms with E-state index in [4.69, 9.17) is 11.6 Å². The van der Waals surface area contributed by atoms with E-state index in [9.17, 15) is 26.9 Å². The number of aryl methyl sites for hydroxylation is 1. The summed E-state index contributed by atoms with van der Waals surface area (Å²) in [6, 6.07) is 7.06. The maximum Gasteiger partial charge on any atom is 0.534 e. The van der Waals surface area contributed by atoms with Crippen molar-refractivity contribution in [3.05, 3.63) is 59.6 Å². The van der Waals surface area contributed by atoms with E-state index in [2.05, 4.69) is 14.4 Å². The average Bonchev–Trinajstić information content (AvgIpc) is 3.32. The van der Waals surface area contributed by atoms with E-state index >= 15 is 0 Å². The van der Waals surface area contributed by atoms with Crippen molar-refractivity contribution in [2.45, 2.75) is 5.51 Å². The predicted molar refractivity (Wildman–Crippen MR) is 108 cm³/mol. The molecule has 0 atom stereocenters. The fourth-order valence-electron chi connectivity index (χ4n) is 3.08. The number of fused-ring (bicyclic) bond motifs is 1. The summed E-state index contributed by atoms with van der Waals surface area (Å²) in [5.74, 6) is -0.607. The van der Waals surface area contributed by atoms with Crippen LogP contribution in [0.2, 0.25) is 5.02 Å². The van der Waals surface area contributed by atoms with Crippen LogP contribution in [0.3, 0.4) is 0 Å². The number of hydrogen-bond donors (Lipinski definition) is 0. The van der Waals surface area contributed by atoms with Crippen LogP contribution in [-0.2, 0) is 17.2 Å². The van der Waals surface area contributed by atoms with Crippen molar-refractivity contribution in [3.63, 3.8) is 0 Å². The summed E-state index contributed by atoms with van der Waals surface area (Å²) in [6.45, 7) is 0. The van der Waals surface area contributed by atoms with Gasteiger partial charge in [0, 0.05) is 47.8 Å². The smallest absolute Gasteiger partial charge is 0.376 e. The standard InChI is InChI=1S/C19H11ClF3N5O3S/c1-27-9-13(8-25-27)11-4-16(18-12(6-24)7-26-28(18)10-11)15-3-2-14(5-17(15)20)31-32(29,30)19(21,22)23/h2-5,7-10H,1H3. The van der Waals surface area contributed by atoms with Crippen molar-refractivity contribution < 1.29 is 25.8 Å². The molecule has 32 heavy (non-hydrogen) atoms. The molecule has 0 fully saturated rings. The zero-order chi connectivity index (χ0) is 23.3. The zero-order valence-corrected chi connectivity index (χ0v) is 17.6. The second kappa shape index (κ2) is 7.54. The monoisotopic (exact) mass is 481 g/mol. The summed E-state index contributed by atoms with van der Waals surface area (Å²) < 4.78 is 67.6. The summed E-state index contributed by atoms with van der Waals surface area (Å²) in [7, 11) is -4.10. The minimum absolute atomic E-state index is 0.0878. The van der Waals surface area contributed by atoms with Crippen LogP contribution in [-0.4, -0.2) is 33.3 Å². The Hall–Kier alpha value is -3.56. The van der Waals surface area contributed by atoms with E-state index in [1.165, 1.54) is 16.8 Å². The topological polar surface area (TPSA) is 102 Å². The normalized spacial score (nSPS) is 12.1. The molecule has 164 valence electrons. The molecule has 0 aliphatic rings. The number of alkyl halides is 3. The molecule has 3 aromatic heterocycles. The van der Waals surface area contributed by atoms with E-state index in [1.54, 1.807) is 36.4 Å². The van der Waals surface area contributed by atoms with Gasteiger partial charge in [0.05, 0.1) is 28.5 Å². The van der Waals surface area contributed by atoms with Gasteiger partial charge in [-0.1, -0.05) is 11.6 Å². The minimum atomic E-state index is -5.85. The second-order valence-electron chi connectivity index (χ2n) is 6.63. The molecule has 4 aromatic rings. The van der Waals surface area contributed by atoms with Crippen LogP contribution in [0.4, 0.5) is 13.2 Å². The van der Waals surface area contributed by atoms with E-state index in [-0.39, 0.29) is 10.6 Å². The van der Waals surface area contributed by atoms with Crippen LogP contribution in [0.25, 0.3) is 27.8 Å². The summed E-state index contributed by atoms with van der Waals surface area (Å²) in [5.41, 5.74) is -2.71.